The molecule has 2 heterocycles. The van der Waals surface area contributed by atoms with Crippen molar-refractivity contribution in [1.82, 2.24) is 9.38 Å². The maximum atomic E-state index is 12.2. The molecule has 2 aromatic heterocycles. The third kappa shape index (κ3) is 2.21. The van der Waals surface area contributed by atoms with Crippen LogP contribution in [0.15, 0.2) is 49.1 Å². The van der Waals surface area contributed by atoms with Crippen molar-refractivity contribution in [1.29, 1.82) is 0 Å². The number of amides is 1. The van der Waals surface area contributed by atoms with Gasteiger partial charge in [-0.05, 0) is 36.8 Å². The van der Waals surface area contributed by atoms with Gasteiger partial charge in [0.25, 0.3) is 5.91 Å². The number of pyridine rings is 1. The van der Waals surface area contributed by atoms with Crippen LogP contribution in [0.1, 0.15) is 15.9 Å². The van der Waals surface area contributed by atoms with Gasteiger partial charge in [-0.15, -0.1) is 0 Å². The van der Waals surface area contributed by atoms with E-state index in [1.165, 1.54) is 0 Å². The highest BCUT2D eigenvalue weighted by atomic mass is 16.3. The predicted octanol–water partition coefficient (Wildman–Crippen LogP) is 2.60. The number of aromatic nitrogens is 2. The Morgan fingerprint density at radius 3 is 2.95 bits per heavy atom. The van der Waals surface area contributed by atoms with E-state index in [2.05, 4.69) is 10.3 Å². The fourth-order valence-electron chi connectivity index (χ4n) is 2.00. The van der Waals surface area contributed by atoms with Gasteiger partial charge in [-0.3, -0.25) is 4.79 Å². The van der Waals surface area contributed by atoms with Crippen LogP contribution in [0.4, 0.5) is 5.69 Å². The quantitative estimate of drug-likeness (QED) is 0.701. The van der Waals surface area contributed by atoms with Gasteiger partial charge in [-0.25, -0.2) is 4.98 Å². The molecule has 3 aromatic rings. The predicted molar refractivity (Wildman–Crippen MR) is 76.0 cm³/mol. The number of anilines is 1. The van der Waals surface area contributed by atoms with Crippen molar-refractivity contribution in [3.63, 3.8) is 0 Å². The van der Waals surface area contributed by atoms with Crippen LogP contribution in [0, 0.1) is 6.92 Å². The number of hydrogen-bond donors (Lipinski definition) is 2. The molecule has 100 valence electrons. The number of imidazole rings is 1. The molecule has 1 amide bonds. The normalized spacial score (nSPS) is 10.7. The number of nitrogens with one attached hydrogen (secondary N) is 1. The summed E-state index contributed by atoms with van der Waals surface area (Å²) < 4.78 is 1.82. The molecule has 20 heavy (non-hydrogen) atoms. The number of carbonyl (C=O) groups is 1. The van der Waals surface area contributed by atoms with Gasteiger partial charge in [-0.1, -0.05) is 6.07 Å². The van der Waals surface area contributed by atoms with Gasteiger partial charge >= 0.3 is 0 Å². The molecule has 2 N–H and O–H groups in total. The van der Waals surface area contributed by atoms with Crippen molar-refractivity contribution in [3.05, 3.63) is 60.2 Å². The van der Waals surface area contributed by atoms with E-state index < -0.39 is 0 Å². The molecule has 3 rings (SSSR count). The molecule has 0 radical (unpaired) electrons. The van der Waals surface area contributed by atoms with E-state index in [1.807, 2.05) is 17.4 Å². The Bertz CT molecular complexity index is 793. The molecule has 1 aromatic carbocycles. The fraction of sp³-hybridized carbons (Fsp3) is 0.0667. The lowest BCUT2D eigenvalue weighted by molar-refractivity contribution is 0.102. The van der Waals surface area contributed by atoms with Crippen LogP contribution in [-0.4, -0.2) is 20.4 Å². The molecular formula is C15H13N3O2. The number of aromatic hydroxyl groups is 1. The van der Waals surface area contributed by atoms with Gasteiger partial charge in [0.15, 0.2) is 0 Å². The van der Waals surface area contributed by atoms with Crippen LogP contribution >= 0.6 is 0 Å². The average Bonchev–Trinajstić information content (AvgIpc) is 2.89. The lowest BCUT2D eigenvalue weighted by atomic mass is 10.2. The second-order valence-corrected chi connectivity index (χ2v) is 4.62. The molecule has 0 saturated carbocycles. The van der Waals surface area contributed by atoms with Crippen LogP contribution in [-0.2, 0) is 0 Å². The molecule has 0 bridgehead atoms. The van der Waals surface area contributed by atoms with Crippen molar-refractivity contribution < 1.29 is 9.90 Å². The number of benzene rings is 1. The SMILES string of the molecule is Cc1ccc(NC(=O)c2ccn3cncc3c2)c(O)c1. The van der Waals surface area contributed by atoms with Crippen LogP contribution in [0.3, 0.4) is 0 Å². The maximum absolute atomic E-state index is 12.2. The van der Waals surface area contributed by atoms with E-state index in [-0.39, 0.29) is 11.7 Å². The first-order valence-corrected chi connectivity index (χ1v) is 6.16. The average molecular weight is 267 g/mol. The van der Waals surface area contributed by atoms with E-state index in [1.54, 1.807) is 43.0 Å². The molecule has 0 aliphatic carbocycles. The second kappa shape index (κ2) is 4.70. The second-order valence-electron chi connectivity index (χ2n) is 4.62. The highest BCUT2D eigenvalue weighted by Gasteiger charge is 2.09. The molecule has 0 atom stereocenters. The summed E-state index contributed by atoms with van der Waals surface area (Å²) in [4.78, 5) is 16.2. The van der Waals surface area contributed by atoms with Crippen molar-refractivity contribution >= 4 is 17.1 Å². The molecule has 0 aliphatic heterocycles. The number of hydrogen-bond acceptors (Lipinski definition) is 3. The summed E-state index contributed by atoms with van der Waals surface area (Å²) in [5, 5.41) is 12.5. The first-order valence-electron chi connectivity index (χ1n) is 6.16. The first-order chi connectivity index (χ1) is 9.63. The van der Waals surface area contributed by atoms with Crippen LogP contribution in [0.2, 0.25) is 0 Å². The minimum atomic E-state index is -0.271. The van der Waals surface area contributed by atoms with Gasteiger partial charge in [0.1, 0.15) is 5.75 Å². The van der Waals surface area contributed by atoms with Crippen molar-refractivity contribution in [3.8, 4) is 5.75 Å². The molecule has 0 fully saturated rings. The Balaban J connectivity index is 1.88. The zero-order valence-corrected chi connectivity index (χ0v) is 10.9. The highest BCUT2D eigenvalue weighted by Crippen LogP contribution is 2.24. The molecule has 0 spiro atoms. The number of phenolic OH excluding ortho intramolecular Hbond substituents is 1. The van der Waals surface area contributed by atoms with Crippen LogP contribution < -0.4 is 5.32 Å². The van der Waals surface area contributed by atoms with Crippen LogP contribution in [0.5, 0.6) is 5.75 Å². The van der Waals surface area contributed by atoms with E-state index in [0.29, 0.717) is 11.3 Å². The van der Waals surface area contributed by atoms with Crippen molar-refractivity contribution in [2.75, 3.05) is 5.32 Å². The van der Waals surface area contributed by atoms with Gasteiger partial charge in [0.2, 0.25) is 0 Å². The third-order valence-electron chi connectivity index (χ3n) is 3.08. The molecular weight excluding hydrogens is 254 g/mol. The lowest BCUT2D eigenvalue weighted by Crippen LogP contribution is -2.12. The Labute approximate surface area is 115 Å². The number of carbonyl (C=O) groups excluding carboxylic acids is 1. The summed E-state index contributed by atoms with van der Waals surface area (Å²) >= 11 is 0. The van der Waals surface area contributed by atoms with Crippen LogP contribution in [0.25, 0.3) is 5.52 Å². The summed E-state index contributed by atoms with van der Waals surface area (Å²) in [6, 6.07) is 8.56. The molecule has 0 saturated heterocycles. The number of rotatable bonds is 2. The zero-order chi connectivity index (χ0) is 14.1. The number of fused-ring (bicyclic) bond motifs is 1. The number of nitrogens with zero attached hydrogens (tertiary/aromatic N) is 2. The van der Waals surface area contributed by atoms with E-state index in [4.69, 9.17) is 0 Å². The van der Waals surface area contributed by atoms with E-state index in [0.717, 1.165) is 11.1 Å². The Hall–Kier alpha value is -2.82. The first kappa shape index (κ1) is 12.2. The topological polar surface area (TPSA) is 66.6 Å². The zero-order valence-electron chi connectivity index (χ0n) is 10.9. The number of aryl methyl sites for hydroxylation is 1. The van der Waals surface area contributed by atoms with E-state index in [9.17, 15) is 9.90 Å². The summed E-state index contributed by atoms with van der Waals surface area (Å²) in [6.07, 6.45) is 5.12. The van der Waals surface area contributed by atoms with E-state index >= 15 is 0 Å². The summed E-state index contributed by atoms with van der Waals surface area (Å²) in [7, 11) is 0. The minimum absolute atomic E-state index is 0.0591. The lowest BCUT2D eigenvalue weighted by Gasteiger charge is -2.08. The third-order valence-corrected chi connectivity index (χ3v) is 3.08. The maximum Gasteiger partial charge on any atom is 0.255 e. The smallest absolute Gasteiger partial charge is 0.255 e. The molecule has 0 unspecified atom stereocenters. The van der Waals surface area contributed by atoms with Gasteiger partial charge in [0.05, 0.1) is 23.7 Å². The van der Waals surface area contributed by atoms with Gasteiger partial charge in [0, 0.05) is 11.8 Å². The Kier molecular flexibility index (Phi) is 2.87. The number of phenols is 1. The minimum Gasteiger partial charge on any atom is -0.506 e. The summed E-state index contributed by atoms with van der Waals surface area (Å²) in [5.41, 5.74) is 2.68. The van der Waals surface area contributed by atoms with Crippen molar-refractivity contribution in [2.45, 2.75) is 6.92 Å². The Morgan fingerprint density at radius 2 is 2.15 bits per heavy atom. The standard InChI is InChI=1S/C15H13N3O2/c1-10-2-3-13(14(19)6-10)17-15(20)11-4-5-18-9-16-8-12(18)7-11/h2-9,19H,1H3,(H,17,20). The molecule has 5 nitrogen and oxygen atoms in total. The Morgan fingerprint density at radius 1 is 1.30 bits per heavy atom. The van der Waals surface area contributed by atoms with Crippen molar-refractivity contribution in [2.24, 2.45) is 0 Å². The highest BCUT2D eigenvalue weighted by molar-refractivity contribution is 6.05. The fourth-order valence-corrected chi connectivity index (χ4v) is 2.00. The monoisotopic (exact) mass is 267 g/mol. The van der Waals surface area contributed by atoms with Gasteiger partial charge < -0.3 is 14.8 Å². The molecule has 5 heteroatoms. The largest absolute Gasteiger partial charge is 0.506 e. The summed E-state index contributed by atoms with van der Waals surface area (Å²) in [6.45, 7) is 1.87. The molecule has 0 aliphatic rings. The summed E-state index contributed by atoms with van der Waals surface area (Å²) in [5.74, 6) is -0.211. The van der Waals surface area contributed by atoms with Gasteiger partial charge in [-0.2, -0.15) is 0 Å².